The number of hydrogen-bond donors (Lipinski definition) is 1. The third-order valence-electron chi connectivity index (χ3n) is 5.40. The first kappa shape index (κ1) is 25.3. The number of amides is 2. The van der Waals surface area contributed by atoms with Crippen molar-refractivity contribution in [1.29, 1.82) is 0 Å². The second-order valence-corrected chi connectivity index (χ2v) is 7.91. The van der Waals surface area contributed by atoms with E-state index in [1.165, 1.54) is 17.0 Å². The van der Waals surface area contributed by atoms with Gasteiger partial charge in [0, 0.05) is 18.8 Å². The van der Waals surface area contributed by atoms with E-state index in [4.69, 9.17) is 9.47 Å². The molecule has 0 radical (unpaired) electrons. The van der Waals surface area contributed by atoms with Crippen LogP contribution >= 0.6 is 0 Å². The van der Waals surface area contributed by atoms with Gasteiger partial charge in [-0.05, 0) is 41.1 Å². The molecule has 0 aromatic heterocycles. The van der Waals surface area contributed by atoms with Gasteiger partial charge in [-0.1, -0.05) is 24.3 Å². The van der Waals surface area contributed by atoms with Gasteiger partial charge in [-0.25, -0.2) is 4.79 Å². The van der Waals surface area contributed by atoms with Gasteiger partial charge in [-0.3, -0.25) is 4.79 Å². The minimum Gasteiger partial charge on any atom is -0.409 e. The van der Waals surface area contributed by atoms with E-state index >= 15 is 0 Å². The zero-order valence-corrected chi connectivity index (χ0v) is 18.4. The molecule has 1 saturated heterocycles. The predicted octanol–water partition coefficient (Wildman–Crippen LogP) is 5.96. The zero-order chi connectivity index (χ0) is 26.1. The average Bonchev–Trinajstić information content (AvgIpc) is 2.82. The summed E-state index contributed by atoms with van der Waals surface area (Å²) >= 11 is 0. The largest absolute Gasteiger partial charge is 0.416 e. The summed E-state index contributed by atoms with van der Waals surface area (Å²) in [7, 11) is 0. The fourth-order valence-electron chi connectivity index (χ4n) is 3.61. The molecule has 12 heteroatoms. The van der Waals surface area contributed by atoms with Crippen molar-refractivity contribution in [3.05, 3.63) is 71.3 Å². The maximum absolute atomic E-state index is 13.2. The highest BCUT2D eigenvalue weighted by molar-refractivity contribution is 6.09. The number of carbonyl (C=O) groups excluding carboxylic acids is 2. The Morgan fingerprint density at radius 2 is 1.39 bits per heavy atom. The quantitative estimate of drug-likeness (QED) is 0.440. The summed E-state index contributed by atoms with van der Waals surface area (Å²) < 4.78 is 89.8. The molecule has 0 bridgehead atoms. The van der Waals surface area contributed by atoms with Gasteiger partial charge in [0.15, 0.2) is 0 Å². The van der Waals surface area contributed by atoms with Crippen LogP contribution in [0, 0.1) is 0 Å². The Morgan fingerprint density at radius 1 is 0.833 bits per heavy atom. The smallest absolute Gasteiger partial charge is 0.409 e. The van der Waals surface area contributed by atoms with Crippen molar-refractivity contribution in [2.24, 2.45) is 0 Å². The Labute approximate surface area is 200 Å². The highest BCUT2D eigenvalue weighted by atomic mass is 19.4. The lowest BCUT2D eigenvalue weighted by Crippen LogP contribution is -2.42. The number of rotatable bonds is 3. The third-order valence-corrected chi connectivity index (χ3v) is 5.40. The van der Waals surface area contributed by atoms with Crippen molar-refractivity contribution in [1.82, 2.24) is 4.90 Å². The van der Waals surface area contributed by atoms with Gasteiger partial charge in [0.1, 0.15) is 5.75 Å². The molecular weight excluding hydrogens is 494 g/mol. The molecule has 0 saturated carbocycles. The van der Waals surface area contributed by atoms with Crippen LogP contribution in [0.4, 0.5) is 36.8 Å². The Bertz CT molecular complexity index is 1270. The Kier molecular flexibility index (Phi) is 6.81. The van der Waals surface area contributed by atoms with Crippen molar-refractivity contribution < 1.29 is 45.4 Å². The van der Waals surface area contributed by atoms with Crippen LogP contribution in [-0.4, -0.2) is 43.2 Å². The van der Waals surface area contributed by atoms with Gasteiger partial charge in [-0.15, -0.1) is 0 Å². The standard InChI is InChI=1S/C24H18F6N2O4/c25-23(26,27)16-11-17(24(28,29)30)13-18(12-16)31-21(33)19-9-14-3-1-2-4-15(14)10-20(19)36-22(34)32-5-7-35-8-6-32/h1-4,9-13H,5-8H2,(H,31,33). The lowest BCUT2D eigenvalue weighted by atomic mass is 10.0. The van der Waals surface area contributed by atoms with Gasteiger partial charge in [-0.2, -0.15) is 26.3 Å². The zero-order valence-electron chi connectivity index (χ0n) is 18.4. The number of alkyl halides is 6. The Balaban J connectivity index is 1.71. The number of carbonyl (C=O) groups is 2. The van der Waals surface area contributed by atoms with E-state index in [2.05, 4.69) is 5.32 Å². The molecule has 1 aliphatic rings. The summed E-state index contributed by atoms with van der Waals surface area (Å²) in [5, 5.41) is 3.21. The first-order chi connectivity index (χ1) is 16.9. The lowest BCUT2D eigenvalue weighted by molar-refractivity contribution is -0.143. The van der Waals surface area contributed by atoms with Crippen molar-refractivity contribution in [3.8, 4) is 5.75 Å². The van der Waals surface area contributed by atoms with E-state index in [-0.39, 0.29) is 43.7 Å². The van der Waals surface area contributed by atoms with Gasteiger partial charge >= 0.3 is 18.4 Å². The van der Waals surface area contributed by atoms with Crippen LogP contribution in [0.1, 0.15) is 21.5 Å². The lowest BCUT2D eigenvalue weighted by Gasteiger charge is -2.26. The normalized spacial score (nSPS) is 14.6. The van der Waals surface area contributed by atoms with E-state index < -0.39 is 41.2 Å². The first-order valence-corrected chi connectivity index (χ1v) is 10.6. The highest BCUT2D eigenvalue weighted by Gasteiger charge is 2.37. The van der Waals surface area contributed by atoms with Crippen molar-refractivity contribution in [3.63, 3.8) is 0 Å². The maximum atomic E-state index is 13.2. The number of hydrogen-bond acceptors (Lipinski definition) is 4. The van der Waals surface area contributed by atoms with Gasteiger partial charge in [0.2, 0.25) is 0 Å². The van der Waals surface area contributed by atoms with E-state index in [1.54, 1.807) is 24.3 Å². The minimum absolute atomic E-state index is 0.0405. The number of benzene rings is 3. The van der Waals surface area contributed by atoms with E-state index in [1.807, 2.05) is 0 Å². The SMILES string of the molecule is O=C(Nc1cc(C(F)(F)F)cc(C(F)(F)F)c1)c1cc2ccccc2cc1OC(=O)N1CCOCC1. The van der Waals surface area contributed by atoms with Crippen LogP contribution in [0.3, 0.4) is 0 Å². The molecule has 190 valence electrons. The number of morpholine rings is 1. The van der Waals surface area contributed by atoms with E-state index in [9.17, 15) is 35.9 Å². The van der Waals surface area contributed by atoms with Crippen molar-refractivity contribution in [2.75, 3.05) is 31.6 Å². The average molecular weight is 512 g/mol. The third kappa shape index (κ3) is 5.70. The molecule has 0 aliphatic carbocycles. The van der Waals surface area contributed by atoms with Crippen molar-refractivity contribution in [2.45, 2.75) is 12.4 Å². The van der Waals surface area contributed by atoms with Crippen LogP contribution in [0.15, 0.2) is 54.6 Å². The van der Waals surface area contributed by atoms with Crippen LogP contribution in [0.25, 0.3) is 10.8 Å². The topological polar surface area (TPSA) is 67.9 Å². The monoisotopic (exact) mass is 512 g/mol. The summed E-state index contributed by atoms with van der Waals surface area (Å²) in [5.74, 6) is -1.26. The van der Waals surface area contributed by atoms with Crippen molar-refractivity contribution >= 4 is 28.5 Å². The molecule has 1 N–H and O–H groups in total. The molecule has 2 amide bonds. The molecule has 0 unspecified atom stereocenters. The molecule has 0 spiro atoms. The number of ether oxygens (including phenoxy) is 2. The Morgan fingerprint density at radius 3 is 1.94 bits per heavy atom. The predicted molar refractivity (Wildman–Crippen MR) is 117 cm³/mol. The fraction of sp³-hybridized carbons (Fsp3) is 0.250. The van der Waals surface area contributed by atoms with Gasteiger partial charge < -0.3 is 19.7 Å². The maximum Gasteiger partial charge on any atom is 0.416 e. The van der Waals surface area contributed by atoms with Gasteiger partial charge in [0.05, 0.1) is 29.9 Å². The molecule has 3 aromatic carbocycles. The Hall–Kier alpha value is -3.80. The second kappa shape index (κ2) is 9.69. The molecular formula is C24H18F6N2O4. The molecule has 36 heavy (non-hydrogen) atoms. The summed E-state index contributed by atoms with van der Waals surface area (Å²) in [6.07, 6.45) is -10.9. The molecule has 1 fully saturated rings. The fourth-order valence-corrected chi connectivity index (χ4v) is 3.61. The number of halogens is 6. The van der Waals surface area contributed by atoms with Crippen LogP contribution in [0.5, 0.6) is 5.75 Å². The summed E-state index contributed by atoms with van der Waals surface area (Å²) in [6.45, 7) is 1.07. The summed E-state index contributed by atoms with van der Waals surface area (Å²) in [5.41, 5.74) is -4.13. The molecule has 0 atom stereocenters. The summed E-state index contributed by atoms with van der Waals surface area (Å²) in [6, 6.07) is 10.2. The molecule has 6 nitrogen and oxygen atoms in total. The van der Waals surface area contributed by atoms with Crippen LogP contribution < -0.4 is 10.1 Å². The molecule has 4 rings (SSSR count). The van der Waals surface area contributed by atoms with Gasteiger partial charge in [0.25, 0.3) is 5.91 Å². The number of anilines is 1. The minimum atomic E-state index is -5.08. The van der Waals surface area contributed by atoms with Crippen LogP contribution in [0.2, 0.25) is 0 Å². The second-order valence-electron chi connectivity index (χ2n) is 7.91. The van der Waals surface area contributed by atoms with Crippen LogP contribution in [-0.2, 0) is 17.1 Å². The molecule has 3 aromatic rings. The number of nitrogens with zero attached hydrogens (tertiary/aromatic N) is 1. The summed E-state index contributed by atoms with van der Waals surface area (Å²) in [4.78, 5) is 27.0. The number of fused-ring (bicyclic) bond motifs is 1. The van der Waals surface area contributed by atoms with E-state index in [0.717, 1.165) is 0 Å². The number of nitrogens with one attached hydrogen (secondary N) is 1. The van der Waals surface area contributed by atoms with E-state index in [0.29, 0.717) is 22.9 Å². The molecule has 1 heterocycles. The molecule has 1 aliphatic heterocycles. The first-order valence-electron chi connectivity index (χ1n) is 10.6. The highest BCUT2D eigenvalue weighted by Crippen LogP contribution is 2.38.